The summed E-state index contributed by atoms with van der Waals surface area (Å²) in [6, 6.07) is 7.49. The van der Waals surface area contributed by atoms with Crippen LogP contribution >= 0.6 is 0 Å². The van der Waals surface area contributed by atoms with Gasteiger partial charge in [0.25, 0.3) is 5.69 Å². The van der Waals surface area contributed by atoms with Crippen molar-refractivity contribution in [1.29, 1.82) is 5.26 Å². The third-order valence-corrected chi connectivity index (χ3v) is 3.42. The van der Waals surface area contributed by atoms with E-state index in [4.69, 9.17) is 5.26 Å². The van der Waals surface area contributed by atoms with Crippen molar-refractivity contribution in [3.63, 3.8) is 0 Å². The minimum atomic E-state index is -0.360. The minimum Gasteiger partial charge on any atom is -0.371 e. The Morgan fingerprint density at radius 3 is 2.61 bits per heavy atom. The highest BCUT2D eigenvalue weighted by atomic mass is 16.6. The Morgan fingerprint density at radius 2 is 2.11 bits per heavy atom. The number of hydrogen-bond acceptors (Lipinski definition) is 4. The first kappa shape index (κ1) is 12.4. The van der Waals surface area contributed by atoms with E-state index in [-0.39, 0.29) is 16.5 Å². The maximum absolute atomic E-state index is 10.7. The molecule has 5 nitrogen and oxygen atoms in total. The van der Waals surface area contributed by atoms with Crippen LogP contribution in [0.3, 0.4) is 0 Å². The lowest BCUT2D eigenvalue weighted by Crippen LogP contribution is -2.33. The standard InChI is InChI=1S/C13H15N3O2/c1-10-8-12(2-3-13(10)16(17)18)15-6-4-11(9-14)5-7-15/h2-3,8,11H,4-7H2,1H3. The Kier molecular flexibility index (Phi) is 3.47. The van der Waals surface area contributed by atoms with Gasteiger partial charge in [-0.25, -0.2) is 0 Å². The molecule has 0 saturated carbocycles. The molecule has 0 aromatic heterocycles. The Balaban J connectivity index is 2.14. The molecule has 0 atom stereocenters. The van der Waals surface area contributed by atoms with Crippen molar-refractivity contribution >= 4 is 11.4 Å². The molecule has 1 aliphatic rings. The van der Waals surface area contributed by atoms with Crippen molar-refractivity contribution < 1.29 is 4.92 Å². The van der Waals surface area contributed by atoms with Crippen molar-refractivity contribution in [1.82, 2.24) is 0 Å². The minimum absolute atomic E-state index is 0.153. The smallest absolute Gasteiger partial charge is 0.272 e. The Hall–Kier alpha value is -2.09. The lowest BCUT2D eigenvalue weighted by molar-refractivity contribution is -0.385. The Morgan fingerprint density at radius 1 is 1.44 bits per heavy atom. The summed E-state index contributed by atoms with van der Waals surface area (Å²) < 4.78 is 0. The molecule has 1 aliphatic heterocycles. The molecule has 1 aromatic rings. The molecule has 0 amide bonds. The van der Waals surface area contributed by atoms with Crippen LogP contribution in [0.1, 0.15) is 18.4 Å². The van der Waals surface area contributed by atoms with Gasteiger partial charge in [0.05, 0.1) is 11.0 Å². The van der Waals surface area contributed by atoms with Crippen LogP contribution < -0.4 is 4.90 Å². The van der Waals surface area contributed by atoms with Crippen LogP contribution in [0, 0.1) is 34.3 Å². The van der Waals surface area contributed by atoms with E-state index in [0.717, 1.165) is 31.6 Å². The predicted octanol–water partition coefficient (Wildman–Crippen LogP) is 2.64. The summed E-state index contributed by atoms with van der Waals surface area (Å²) in [7, 11) is 0. The summed E-state index contributed by atoms with van der Waals surface area (Å²) in [5.74, 6) is 0.153. The molecule has 18 heavy (non-hydrogen) atoms. The number of piperidine rings is 1. The lowest BCUT2D eigenvalue weighted by Gasteiger charge is -2.31. The van der Waals surface area contributed by atoms with Crippen LogP contribution in [0.2, 0.25) is 0 Å². The number of anilines is 1. The zero-order valence-electron chi connectivity index (χ0n) is 10.3. The molecule has 94 valence electrons. The van der Waals surface area contributed by atoms with Crippen LogP contribution in [0.25, 0.3) is 0 Å². The zero-order valence-corrected chi connectivity index (χ0v) is 10.3. The van der Waals surface area contributed by atoms with Gasteiger partial charge in [-0.1, -0.05) is 0 Å². The number of nitrogens with zero attached hydrogens (tertiary/aromatic N) is 3. The maximum atomic E-state index is 10.7. The second kappa shape index (κ2) is 5.05. The first-order valence-corrected chi connectivity index (χ1v) is 6.01. The molecule has 5 heteroatoms. The van der Waals surface area contributed by atoms with Gasteiger partial charge < -0.3 is 4.90 Å². The number of hydrogen-bond donors (Lipinski definition) is 0. The Bertz CT molecular complexity index is 499. The average molecular weight is 245 g/mol. The number of rotatable bonds is 2. The van der Waals surface area contributed by atoms with Crippen LogP contribution in [0.15, 0.2) is 18.2 Å². The van der Waals surface area contributed by atoms with E-state index < -0.39 is 0 Å². The lowest BCUT2D eigenvalue weighted by atomic mass is 9.98. The molecular weight excluding hydrogens is 230 g/mol. The zero-order chi connectivity index (χ0) is 13.1. The summed E-state index contributed by atoms with van der Waals surface area (Å²) in [5, 5.41) is 19.6. The molecule has 0 aliphatic carbocycles. The molecule has 1 fully saturated rings. The molecule has 0 bridgehead atoms. The highest BCUT2D eigenvalue weighted by Gasteiger charge is 2.20. The maximum Gasteiger partial charge on any atom is 0.272 e. The molecular formula is C13H15N3O2. The number of aryl methyl sites for hydroxylation is 1. The van der Waals surface area contributed by atoms with Gasteiger partial charge in [0, 0.05) is 36.3 Å². The molecule has 2 rings (SSSR count). The number of nitriles is 1. The van der Waals surface area contributed by atoms with Crippen molar-refractivity contribution in [2.75, 3.05) is 18.0 Å². The molecule has 0 radical (unpaired) electrons. The van der Waals surface area contributed by atoms with E-state index in [1.807, 2.05) is 6.07 Å². The van der Waals surface area contributed by atoms with E-state index in [2.05, 4.69) is 11.0 Å². The van der Waals surface area contributed by atoms with Crippen molar-refractivity contribution in [2.45, 2.75) is 19.8 Å². The SMILES string of the molecule is Cc1cc(N2CCC(C#N)CC2)ccc1[N+](=O)[O-]. The van der Waals surface area contributed by atoms with Crippen LogP contribution in [-0.2, 0) is 0 Å². The quantitative estimate of drug-likeness (QED) is 0.593. The summed E-state index contributed by atoms with van der Waals surface area (Å²) in [4.78, 5) is 12.6. The largest absolute Gasteiger partial charge is 0.371 e. The monoisotopic (exact) mass is 245 g/mol. The van der Waals surface area contributed by atoms with Crippen LogP contribution in [0.5, 0.6) is 0 Å². The molecule has 1 saturated heterocycles. The number of nitro groups is 1. The molecule has 1 aromatic carbocycles. The predicted molar refractivity (Wildman–Crippen MR) is 68.4 cm³/mol. The van der Waals surface area contributed by atoms with Crippen molar-refractivity contribution in [3.8, 4) is 6.07 Å². The van der Waals surface area contributed by atoms with Crippen LogP contribution in [-0.4, -0.2) is 18.0 Å². The van der Waals surface area contributed by atoms with E-state index in [1.54, 1.807) is 19.1 Å². The van der Waals surface area contributed by atoms with Gasteiger partial charge in [-0.05, 0) is 31.9 Å². The summed E-state index contributed by atoms with van der Waals surface area (Å²) in [6.45, 7) is 3.44. The van der Waals surface area contributed by atoms with Gasteiger partial charge in [-0.2, -0.15) is 5.26 Å². The fourth-order valence-corrected chi connectivity index (χ4v) is 2.31. The summed E-state index contributed by atoms with van der Waals surface area (Å²) in [5.41, 5.74) is 1.85. The molecule has 0 unspecified atom stereocenters. The van der Waals surface area contributed by atoms with E-state index in [9.17, 15) is 10.1 Å². The molecule has 1 heterocycles. The second-order valence-corrected chi connectivity index (χ2v) is 4.62. The molecule has 0 spiro atoms. The van der Waals surface area contributed by atoms with Gasteiger partial charge in [-0.15, -0.1) is 0 Å². The highest BCUT2D eigenvalue weighted by molar-refractivity contribution is 5.55. The van der Waals surface area contributed by atoms with Gasteiger partial charge in [-0.3, -0.25) is 10.1 Å². The highest BCUT2D eigenvalue weighted by Crippen LogP contribution is 2.27. The van der Waals surface area contributed by atoms with Crippen LogP contribution in [0.4, 0.5) is 11.4 Å². The van der Waals surface area contributed by atoms with Gasteiger partial charge >= 0.3 is 0 Å². The summed E-state index contributed by atoms with van der Waals surface area (Å²) in [6.07, 6.45) is 1.74. The fourth-order valence-electron chi connectivity index (χ4n) is 2.31. The number of benzene rings is 1. The van der Waals surface area contributed by atoms with Crippen molar-refractivity contribution in [2.24, 2.45) is 5.92 Å². The first-order valence-electron chi connectivity index (χ1n) is 6.01. The third-order valence-electron chi connectivity index (χ3n) is 3.42. The topological polar surface area (TPSA) is 70.2 Å². The average Bonchev–Trinajstić information content (AvgIpc) is 2.38. The first-order chi connectivity index (χ1) is 8.61. The molecule has 0 N–H and O–H groups in total. The second-order valence-electron chi connectivity index (χ2n) is 4.62. The van der Waals surface area contributed by atoms with Gasteiger partial charge in [0.1, 0.15) is 0 Å². The Labute approximate surface area is 106 Å². The number of nitro benzene ring substituents is 1. The fraction of sp³-hybridized carbons (Fsp3) is 0.462. The van der Waals surface area contributed by atoms with Gasteiger partial charge in [0.15, 0.2) is 0 Å². The normalized spacial score (nSPS) is 16.3. The van der Waals surface area contributed by atoms with E-state index >= 15 is 0 Å². The van der Waals surface area contributed by atoms with Gasteiger partial charge in [0.2, 0.25) is 0 Å². The van der Waals surface area contributed by atoms with E-state index in [1.165, 1.54) is 0 Å². The van der Waals surface area contributed by atoms with E-state index in [0.29, 0.717) is 5.56 Å². The summed E-state index contributed by atoms with van der Waals surface area (Å²) >= 11 is 0. The third kappa shape index (κ3) is 2.43. The van der Waals surface area contributed by atoms with Crippen molar-refractivity contribution in [3.05, 3.63) is 33.9 Å².